The van der Waals surface area contributed by atoms with Gasteiger partial charge in [0.15, 0.2) is 0 Å². The second-order valence-corrected chi connectivity index (χ2v) is 7.75. The zero-order chi connectivity index (χ0) is 23.5. The minimum Gasteiger partial charge on any atom is -0.497 e. The molecular weight excluding hydrogens is 429 g/mol. The molecule has 0 radical (unpaired) electrons. The molecule has 1 heterocycles. The summed E-state index contributed by atoms with van der Waals surface area (Å²) in [5.41, 5.74) is 3.51. The minimum atomic E-state index is -0.291. The van der Waals surface area contributed by atoms with Crippen LogP contribution >= 0.6 is 0 Å². The standard InChI is InChI=1S/C28H20FN3O2/c1-33-22-11-12-25-26(15-22)32-28(31-25)20(16-30)14-24-23-5-3-2-4-19(23)8-13-27(24)34-17-18-6-9-21(29)10-7-18/h2-15H,17H2,1H3,(H,31,32)/b20-14-. The zero-order valence-corrected chi connectivity index (χ0v) is 18.4. The molecule has 0 spiro atoms. The lowest BCUT2D eigenvalue weighted by Gasteiger charge is -2.13. The molecule has 34 heavy (non-hydrogen) atoms. The fourth-order valence-electron chi connectivity index (χ4n) is 3.83. The second kappa shape index (κ2) is 9.08. The summed E-state index contributed by atoms with van der Waals surface area (Å²) in [5.74, 6) is 1.49. The monoisotopic (exact) mass is 449 g/mol. The third-order valence-electron chi connectivity index (χ3n) is 5.59. The lowest BCUT2D eigenvalue weighted by Crippen LogP contribution is -1.98. The highest BCUT2D eigenvalue weighted by Crippen LogP contribution is 2.32. The molecule has 4 aromatic carbocycles. The Morgan fingerprint density at radius 1 is 1.06 bits per heavy atom. The lowest BCUT2D eigenvalue weighted by molar-refractivity contribution is 0.306. The van der Waals surface area contributed by atoms with E-state index in [1.165, 1.54) is 12.1 Å². The van der Waals surface area contributed by atoms with Crippen molar-refractivity contribution in [3.63, 3.8) is 0 Å². The average Bonchev–Trinajstić information content (AvgIpc) is 3.30. The highest BCUT2D eigenvalue weighted by atomic mass is 19.1. The van der Waals surface area contributed by atoms with Crippen molar-refractivity contribution in [1.82, 2.24) is 9.97 Å². The summed E-state index contributed by atoms with van der Waals surface area (Å²) in [6.07, 6.45) is 1.79. The molecule has 0 amide bonds. The molecular formula is C28H20FN3O2. The van der Waals surface area contributed by atoms with Crippen LogP contribution in [-0.4, -0.2) is 17.1 Å². The molecule has 5 aromatic rings. The van der Waals surface area contributed by atoms with Gasteiger partial charge in [0.25, 0.3) is 0 Å². The molecule has 0 aliphatic rings. The Kier molecular flexibility index (Phi) is 5.67. The summed E-state index contributed by atoms with van der Waals surface area (Å²) in [6.45, 7) is 0.270. The number of allylic oxidation sites excluding steroid dienone is 1. The Bertz CT molecular complexity index is 1560. The number of aromatic nitrogens is 2. The topological polar surface area (TPSA) is 70.9 Å². The van der Waals surface area contributed by atoms with Gasteiger partial charge in [-0.3, -0.25) is 0 Å². The van der Waals surface area contributed by atoms with Crippen molar-refractivity contribution in [1.29, 1.82) is 5.26 Å². The molecule has 1 aromatic heterocycles. The number of nitriles is 1. The van der Waals surface area contributed by atoms with Gasteiger partial charge in [-0.1, -0.05) is 42.5 Å². The van der Waals surface area contributed by atoms with E-state index in [0.717, 1.165) is 32.9 Å². The van der Waals surface area contributed by atoms with Crippen LogP contribution in [0.1, 0.15) is 17.0 Å². The fourth-order valence-corrected chi connectivity index (χ4v) is 3.83. The normalized spacial score (nSPS) is 11.5. The number of fused-ring (bicyclic) bond motifs is 2. The highest BCUT2D eigenvalue weighted by molar-refractivity contribution is 6.00. The largest absolute Gasteiger partial charge is 0.497 e. The van der Waals surface area contributed by atoms with Gasteiger partial charge in [0, 0.05) is 11.6 Å². The molecule has 0 unspecified atom stereocenters. The molecule has 0 saturated carbocycles. The minimum absolute atomic E-state index is 0.270. The van der Waals surface area contributed by atoms with Crippen LogP contribution in [0.15, 0.2) is 78.9 Å². The zero-order valence-electron chi connectivity index (χ0n) is 18.4. The first kappa shape index (κ1) is 21.2. The molecule has 6 heteroatoms. The SMILES string of the molecule is COc1ccc2nc(/C(C#N)=C\c3c(OCc4ccc(F)cc4)ccc4ccccc34)[nH]c2c1. The van der Waals surface area contributed by atoms with Crippen molar-refractivity contribution in [2.24, 2.45) is 0 Å². The van der Waals surface area contributed by atoms with Gasteiger partial charge < -0.3 is 14.5 Å². The number of imidazole rings is 1. The van der Waals surface area contributed by atoms with Gasteiger partial charge in [0.05, 0.1) is 23.7 Å². The third kappa shape index (κ3) is 4.19. The first-order chi connectivity index (χ1) is 16.6. The summed E-state index contributed by atoms with van der Waals surface area (Å²) >= 11 is 0. The molecule has 0 atom stereocenters. The van der Waals surface area contributed by atoms with Gasteiger partial charge >= 0.3 is 0 Å². The second-order valence-electron chi connectivity index (χ2n) is 7.75. The molecule has 0 aliphatic carbocycles. The summed E-state index contributed by atoms with van der Waals surface area (Å²) < 4.78 is 24.7. The van der Waals surface area contributed by atoms with Gasteiger partial charge in [0.1, 0.15) is 35.8 Å². The van der Waals surface area contributed by atoms with Crippen molar-refractivity contribution in [3.8, 4) is 17.6 Å². The van der Waals surface area contributed by atoms with Crippen LogP contribution in [0.4, 0.5) is 4.39 Å². The van der Waals surface area contributed by atoms with E-state index < -0.39 is 0 Å². The number of aromatic amines is 1. The summed E-state index contributed by atoms with van der Waals surface area (Å²) in [6, 6.07) is 25.8. The van der Waals surface area contributed by atoms with Crippen molar-refractivity contribution in [2.75, 3.05) is 7.11 Å². The maximum absolute atomic E-state index is 13.3. The van der Waals surface area contributed by atoms with Gasteiger partial charge in [-0.2, -0.15) is 5.26 Å². The van der Waals surface area contributed by atoms with Crippen LogP contribution in [-0.2, 0) is 6.61 Å². The van der Waals surface area contributed by atoms with Crippen LogP contribution in [0.2, 0.25) is 0 Å². The first-order valence-corrected chi connectivity index (χ1v) is 10.7. The van der Waals surface area contributed by atoms with Gasteiger partial charge in [-0.05, 0) is 52.7 Å². The van der Waals surface area contributed by atoms with E-state index in [2.05, 4.69) is 16.0 Å². The van der Waals surface area contributed by atoms with E-state index in [4.69, 9.17) is 9.47 Å². The van der Waals surface area contributed by atoms with Crippen molar-refractivity contribution >= 4 is 33.5 Å². The molecule has 5 nitrogen and oxygen atoms in total. The molecule has 0 aliphatic heterocycles. The third-order valence-corrected chi connectivity index (χ3v) is 5.59. The van der Waals surface area contributed by atoms with Gasteiger partial charge in [-0.25, -0.2) is 9.37 Å². The van der Waals surface area contributed by atoms with Crippen LogP contribution in [0.5, 0.6) is 11.5 Å². The van der Waals surface area contributed by atoms with E-state index in [0.29, 0.717) is 22.9 Å². The molecule has 0 bridgehead atoms. The fraction of sp³-hybridized carbons (Fsp3) is 0.0714. The number of nitrogens with one attached hydrogen (secondary N) is 1. The number of hydrogen-bond donors (Lipinski definition) is 1. The number of benzene rings is 4. The molecule has 5 rings (SSSR count). The number of methoxy groups -OCH3 is 1. The maximum Gasteiger partial charge on any atom is 0.149 e. The number of halogens is 1. The quantitative estimate of drug-likeness (QED) is 0.300. The Morgan fingerprint density at radius 3 is 2.68 bits per heavy atom. The van der Waals surface area contributed by atoms with Crippen LogP contribution in [0, 0.1) is 17.1 Å². The molecule has 1 N–H and O–H groups in total. The van der Waals surface area contributed by atoms with Gasteiger partial charge in [-0.15, -0.1) is 0 Å². The van der Waals surface area contributed by atoms with Crippen LogP contribution < -0.4 is 9.47 Å². The lowest BCUT2D eigenvalue weighted by atomic mass is 10.0. The Morgan fingerprint density at radius 2 is 1.88 bits per heavy atom. The number of ether oxygens (including phenoxy) is 2. The van der Waals surface area contributed by atoms with E-state index in [1.54, 1.807) is 25.3 Å². The van der Waals surface area contributed by atoms with Crippen molar-refractivity contribution in [3.05, 3.63) is 102 Å². The van der Waals surface area contributed by atoms with E-state index in [1.807, 2.05) is 54.6 Å². The van der Waals surface area contributed by atoms with Gasteiger partial charge in [0.2, 0.25) is 0 Å². The van der Waals surface area contributed by atoms with Crippen molar-refractivity contribution in [2.45, 2.75) is 6.61 Å². The van der Waals surface area contributed by atoms with Crippen LogP contribution in [0.3, 0.4) is 0 Å². The number of hydrogen-bond acceptors (Lipinski definition) is 4. The number of rotatable bonds is 6. The Hall–Kier alpha value is -4.63. The maximum atomic E-state index is 13.3. The Balaban J connectivity index is 1.58. The average molecular weight is 449 g/mol. The number of H-pyrrole nitrogens is 1. The molecule has 0 fully saturated rings. The molecule has 166 valence electrons. The summed E-state index contributed by atoms with van der Waals surface area (Å²) in [4.78, 5) is 7.80. The van der Waals surface area contributed by atoms with E-state index in [-0.39, 0.29) is 12.4 Å². The first-order valence-electron chi connectivity index (χ1n) is 10.7. The highest BCUT2D eigenvalue weighted by Gasteiger charge is 2.13. The molecule has 0 saturated heterocycles. The van der Waals surface area contributed by atoms with E-state index >= 15 is 0 Å². The van der Waals surface area contributed by atoms with Crippen LogP contribution in [0.25, 0.3) is 33.5 Å². The summed E-state index contributed by atoms with van der Waals surface area (Å²) in [7, 11) is 1.60. The van der Waals surface area contributed by atoms with E-state index in [9.17, 15) is 9.65 Å². The predicted molar refractivity (Wildman–Crippen MR) is 131 cm³/mol. The summed E-state index contributed by atoms with van der Waals surface area (Å²) in [5, 5.41) is 12.0. The van der Waals surface area contributed by atoms with Crippen molar-refractivity contribution < 1.29 is 13.9 Å². The smallest absolute Gasteiger partial charge is 0.149 e. The Labute approximate surface area is 195 Å². The predicted octanol–water partition coefficient (Wildman–Crippen LogP) is 6.51. The number of nitrogens with zero attached hydrogens (tertiary/aromatic N) is 2.